The number of carbonyl (C=O) groups is 1. The summed E-state index contributed by atoms with van der Waals surface area (Å²) >= 11 is 0. The second-order valence-corrected chi connectivity index (χ2v) is 10.0. The highest BCUT2D eigenvalue weighted by Crippen LogP contribution is 2.30. The molecule has 1 amide bonds. The van der Waals surface area contributed by atoms with Gasteiger partial charge in [0, 0.05) is 50.9 Å². The van der Waals surface area contributed by atoms with Gasteiger partial charge in [0.05, 0.1) is 7.11 Å². The minimum atomic E-state index is -3.71. The Bertz CT molecular complexity index is 809. The highest BCUT2D eigenvalue weighted by atomic mass is 32.2. The molecular formula is C21H33N3O4S. The van der Waals surface area contributed by atoms with Crippen LogP contribution in [-0.2, 0) is 10.0 Å². The third-order valence-electron chi connectivity index (χ3n) is 5.93. The predicted octanol–water partition coefficient (Wildman–Crippen LogP) is 2.43. The summed E-state index contributed by atoms with van der Waals surface area (Å²) in [5.74, 6) is 0.166. The molecule has 0 atom stereocenters. The number of piperazine rings is 1. The Morgan fingerprint density at radius 1 is 0.966 bits per heavy atom. The summed E-state index contributed by atoms with van der Waals surface area (Å²) in [6.07, 6.45) is 3.81. The van der Waals surface area contributed by atoms with Crippen molar-refractivity contribution in [3.8, 4) is 5.75 Å². The molecule has 2 heterocycles. The van der Waals surface area contributed by atoms with Gasteiger partial charge in [-0.25, -0.2) is 8.42 Å². The van der Waals surface area contributed by atoms with E-state index in [9.17, 15) is 13.2 Å². The molecule has 0 spiro atoms. The number of hydrogen-bond acceptors (Lipinski definition) is 5. The van der Waals surface area contributed by atoms with E-state index in [4.69, 9.17) is 4.74 Å². The number of amides is 1. The van der Waals surface area contributed by atoms with Crippen molar-refractivity contribution in [3.63, 3.8) is 0 Å². The molecule has 0 aliphatic carbocycles. The average molecular weight is 424 g/mol. The molecule has 162 valence electrons. The van der Waals surface area contributed by atoms with Crippen LogP contribution in [0.4, 0.5) is 0 Å². The fourth-order valence-electron chi connectivity index (χ4n) is 4.06. The van der Waals surface area contributed by atoms with Crippen molar-refractivity contribution >= 4 is 15.9 Å². The summed E-state index contributed by atoms with van der Waals surface area (Å²) in [5.41, 5.74) is 0.400. The summed E-state index contributed by atoms with van der Waals surface area (Å²) in [6, 6.07) is 5.22. The fraction of sp³-hybridized carbons (Fsp3) is 0.667. The number of rotatable bonds is 5. The lowest BCUT2D eigenvalue weighted by atomic mass is 10.1. The lowest BCUT2D eigenvalue weighted by Crippen LogP contribution is -2.50. The number of hydrogen-bond donors (Lipinski definition) is 0. The maximum absolute atomic E-state index is 13.3. The highest BCUT2D eigenvalue weighted by molar-refractivity contribution is 7.89. The average Bonchev–Trinajstić information content (AvgIpc) is 3.03. The molecule has 2 aliphatic rings. The van der Waals surface area contributed by atoms with Gasteiger partial charge in [-0.1, -0.05) is 12.8 Å². The van der Waals surface area contributed by atoms with Gasteiger partial charge in [0.2, 0.25) is 10.0 Å². The van der Waals surface area contributed by atoms with Gasteiger partial charge >= 0.3 is 0 Å². The molecule has 0 radical (unpaired) electrons. The standard InChI is InChI=1S/C21H33N3O4S/c1-17(2)22-12-14-23(15-13-22)21(25)18-8-9-19(28-3)20(16-18)29(26,27)24-10-6-4-5-7-11-24/h8-9,16-17H,4-7,10-15H2,1-3H3. The minimum Gasteiger partial charge on any atom is -0.495 e. The molecule has 29 heavy (non-hydrogen) atoms. The number of methoxy groups -OCH3 is 1. The SMILES string of the molecule is COc1ccc(C(=O)N2CCN(C(C)C)CC2)cc1S(=O)(=O)N1CCCCCC1. The Labute approximate surface area is 174 Å². The zero-order chi connectivity index (χ0) is 21.0. The maximum Gasteiger partial charge on any atom is 0.253 e. The Kier molecular flexibility index (Phi) is 7.19. The molecule has 1 aromatic rings. The van der Waals surface area contributed by atoms with Crippen LogP contribution >= 0.6 is 0 Å². The van der Waals surface area contributed by atoms with Crippen molar-refractivity contribution in [1.82, 2.24) is 14.1 Å². The molecule has 0 unspecified atom stereocenters. The number of sulfonamides is 1. The van der Waals surface area contributed by atoms with E-state index < -0.39 is 10.0 Å². The molecule has 0 N–H and O–H groups in total. The van der Waals surface area contributed by atoms with Crippen LogP contribution in [0.15, 0.2) is 23.1 Å². The molecule has 0 aromatic heterocycles. The molecule has 2 saturated heterocycles. The number of ether oxygens (including phenoxy) is 1. The van der Waals surface area contributed by atoms with E-state index in [1.165, 1.54) is 17.5 Å². The van der Waals surface area contributed by atoms with Gasteiger partial charge in [-0.15, -0.1) is 0 Å². The van der Waals surface area contributed by atoms with Crippen LogP contribution in [-0.4, -0.2) is 80.9 Å². The van der Waals surface area contributed by atoms with E-state index in [1.807, 2.05) is 4.90 Å². The number of nitrogens with zero attached hydrogens (tertiary/aromatic N) is 3. The van der Waals surface area contributed by atoms with Crippen molar-refractivity contribution in [1.29, 1.82) is 0 Å². The molecule has 1 aromatic carbocycles. The second kappa shape index (κ2) is 9.45. The maximum atomic E-state index is 13.3. The smallest absolute Gasteiger partial charge is 0.253 e. The van der Waals surface area contributed by atoms with Crippen molar-refractivity contribution < 1.29 is 17.9 Å². The van der Waals surface area contributed by atoms with Crippen molar-refractivity contribution in [2.75, 3.05) is 46.4 Å². The Morgan fingerprint density at radius 3 is 2.14 bits per heavy atom. The van der Waals surface area contributed by atoms with Gasteiger partial charge in [0.1, 0.15) is 10.6 Å². The summed E-state index contributed by atoms with van der Waals surface area (Å²) in [7, 11) is -2.24. The van der Waals surface area contributed by atoms with E-state index in [0.717, 1.165) is 38.8 Å². The van der Waals surface area contributed by atoms with E-state index in [1.54, 1.807) is 12.1 Å². The second-order valence-electron chi connectivity index (χ2n) is 8.11. The zero-order valence-electron chi connectivity index (χ0n) is 17.8. The first-order valence-corrected chi connectivity index (χ1v) is 12.0. The Hall–Kier alpha value is -1.64. The van der Waals surface area contributed by atoms with Crippen LogP contribution in [0.3, 0.4) is 0 Å². The van der Waals surface area contributed by atoms with Crippen LogP contribution in [0.25, 0.3) is 0 Å². The van der Waals surface area contributed by atoms with E-state index in [0.29, 0.717) is 37.8 Å². The number of benzene rings is 1. The lowest BCUT2D eigenvalue weighted by molar-refractivity contribution is 0.0595. The molecule has 3 rings (SSSR count). The summed E-state index contributed by atoms with van der Waals surface area (Å²) in [6.45, 7) is 8.30. The van der Waals surface area contributed by atoms with Gasteiger partial charge in [-0.3, -0.25) is 9.69 Å². The van der Waals surface area contributed by atoms with Gasteiger partial charge in [0.15, 0.2) is 0 Å². The molecule has 2 aliphatic heterocycles. The molecule has 8 heteroatoms. The largest absolute Gasteiger partial charge is 0.495 e. The Balaban J connectivity index is 1.84. The van der Waals surface area contributed by atoms with E-state index in [2.05, 4.69) is 18.7 Å². The first-order chi connectivity index (χ1) is 13.8. The first kappa shape index (κ1) is 22.1. The zero-order valence-corrected chi connectivity index (χ0v) is 18.6. The van der Waals surface area contributed by atoms with Gasteiger partial charge in [0.25, 0.3) is 5.91 Å². The number of carbonyl (C=O) groups excluding carboxylic acids is 1. The van der Waals surface area contributed by atoms with Crippen molar-refractivity contribution in [3.05, 3.63) is 23.8 Å². The molecule has 2 fully saturated rings. The quantitative estimate of drug-likeness (QED) is 0.728. The van der Waals surface area contributed by atoms with E-state index in [-0.39, 0.29) is 16.6 Å². The third kappa shape index (κ3) is 4.92. The third-order valence-corrected chi connectivity index (χ3v) is 7.85. The molecule has 7 nitrogen and oxygen atoms in total. The van der Waals surface area contributed by atoms with Crippen LogP contribution in [0.1, 0.15) is 49.9 Å². The van der Waals surface area contributed by atoms with Gasteiger partial charge < -0.3 is 9.64 Å². The molecular weight excluding hydrogens is 390 g/mol. The minimum absolute atomic E-state index is 0.0913. The first-order valence-electron chi connectivity index (χ1n) is 10.6. The van der Waals surface area contributed by atoms with E-state index >= 15 is 0 Å². The predicted molar refractivity (Wildman–Crippen MR) is 113 cm³/mol. The van der Waals surface area contributed by atoms with Crippen LogP contribution in [0.5, 0.6) is 5.75 Å². The summed E-state index contributed by atoms with van der Waals surface area (Å²) in [5, 5.41) is 0. The van der Waals surface area contributed by atoms with Crippen LogP contribution in [0.2, 0.25) is 0 Å². The Morgan fingerprint density at radius 2 is 1.59 bits per heavy atom. The van der Waals surface area contributed by atoms with Crippen molar-refractivity contribution in [2.45, 2.75) is 50.5 Å². The van der Waals surface area contributed by atoms with Crippen molar-refractivity contribution in [2.24, 2.45) is 0 Å². The fourth-order valence-corrected chi connectivity index (χ4v) is 5.76. The normalized spacial score (nSPS) is 19.9. The topological polar surface area (TPSA) is 70.2 Å². The summed E-state index contributed by atoms with van der Waals surface area (Å²) < 4.78 is 33.5. The lowest BCUT2D eigenvalue weighted by Gasteiger charge is -2.37. The van der Waals surface area contributed by atoms with Gasteiger partial charge in [-0.05, 0) is 44.9 Å². The molecule has 0 bridgehead atoms. The van der Waals surface area contributed by atoms with Crippen LogP contribution < -0.4 is 4.74 Å². The highest BCUT2D eigenvalue weighted by Gasteiger charge is 2.30. The monoisotopic (exact) mass is 423 g/mol. The van der Waals surface area contributed by atoms with Gasteiger partial charge in [-0.2, -0.15) is 4.31 Å². The summed E-state index contributed by atoms with van der Waals surface area (Å²) in [4.78, 5) is 17.3. The van der Waals surface area contributed by atoms with Crippen LogP contribution in [0, 0.1) is 0 Å². The molecule has 0 saturated carbocycles.